The molecule has 1 N–H and O–H groups in total. The zero-order valence-corrected chi connectivity index (χ0v) is 16.1. The van der Waals surface area contributed by atoms with E-state index in [1.165, 1.54) is 12.8 Å². The van der Waals surface area contributed by atoms with Crippen LogP contribution < -0.4 is 10.2 Å². The number of anilines is 2. The van der Waals surface area contributed by atoms with Gasteiger partial charge in [0.2, 0.25) is 17.2 Å². The first-order valence-electron chi connectivity index (χ1n) is 10.6. The molecule has 4 heterocycles. The van der Waals surface area contributed by atoms with Crippen LogP contribution in [0.25, 0.3) is 11.3 Å². The topological polar surface area (TPSA) is 100 Å². The van der Waals surface area contributed by atoms with Gasteiger partial charge >= 0.3 is 0 Å². The lowest BCUT2D eigenvalue weighted by molar-refractivity contribution is -0.135. The molecular weight excluding hydrogens is 358 g/mol. The molecule has 9 heteroatoms. The van der Waals surface area contributed by atoms with E-state index in [2.05, 4.69) is 30.5 Å². The maximum atomic E-state index is 12.7. The zero-order valence-electron chi connectivity index (χ0n) is 16.1. The second-order valence-corrected chi connectivity index (χ2v) is 8.23. The van der Waals surface area contributed by atoms with Crippen molar-refractivity contribution in [1.29, 1.82) is 0 Å². The Hall–Kier alpha value is -2.45. The predicted molar refractivity (Wildman–Crippen MR) is 104 cm³/mol. The Bertz CT molecular complexity index is 834. The summed E-state index contributed by atoms with van der Waals surface area (Å²) < 4.78 is 4.82. The number of nitrogens with zero attached hydrogens (tertiary/aromatic N) is 6. The molecule has 1 saturated carbocycles. The SMILES string of the molecule is O=C(C1CCN(c2nc3nonc3nc2NC2CCCC2)CC1)N1CCCC1. The average Bonchev–Trinajstić information content (AvgIpc) is 3.49. The van der Waals surface area contributed by atoms with Gasteiger partial charge in [-0.3, -0.25) is 4.79 Å². The molecule has 3 fully saturated rings. The van der Waals surface area contributed by atoms with Crippen LogP contribution in [0, 0.1) is 5.92 Å². The summed E-state index contributed by atoms with van der Waals surface area (Å²) in [7, 11) is 0. The molecule has 1 amide bonds. The fraction of sp³-hybridized carbons (Fsp3) is 0.737. The standard InChI is InChI=1S/C19H27N7O2/c27-19(26-9-3-4-10-26)13-7-11-25(12-8-13)18-17(20-14-5-1-2-6-14)21-15-16(22-18)24-28-23-15/h13-14H,1-12H2,(H,20,21,23). The van der Waals surface area contributed by atoms with Crippen molar-refractivity contribution < 1.29 is 9.42 Å². The zero-order chi connectivity index (χ0) is 18.9. The van der Waals surface area contributed by atoms with E-state index in [0.717, 1.165) is 76.3 Å². The van der Waals surface area contributed by atoms with Gasteiger partial charge in [-0.15, -0.1) is 0 Å². The summed E-state index contributed by atoms with van der Waals surface area (Å²) in [6.07, 6.45) is 8.80. The van der Waals surface area contributed by atoms with Crippen LogP contribution in [0.15, 0.2) is 4.63 Å². The van der Waals surface area contributed by atoms with E-state index in [1.54, 1.807) is 0 Å². The molecule has 2 aromatic rings. The minimum Gasteiger partial charge on any atom is -0.364 e. The summed E-state index contributed by atoms with van der Waals surface area (Å²) in [6, 6.07) is 0.430. The third kappa shape index (κ3) is 3.38. The third-order valence-electron chi connectivity index (χ3n) is 6.35. The second-order valence-electron chi connectivity index (χ2n) is 8.23. The summed E-state index contributed by atoms with van der Waals surface area (Å²) in [4.78, 5) is 26.3. The maximum Gasteiger partial charge on any atom is 0.245 e. The molecule has 2 saturated heterocycles. The van der Waals surface area contributed by atoms with Gasteiger partial charge in [-0.05, 0) is 48.8 Å². The van der Waals surface area contributed by atoms with E-state index in [0.29, 0.717) is 23.2 Å². The summed E-state index contributed by atoms with van der Waals surface area (Å²) >= 11 is 0. The van der Waals surface area contributed by atoms with E-state index in [-0.39, 0.29) is 5.92 Å². The number of carbonyl (C=O) groups excluding carboxylic acids is 1. The highest BCUT2D eigenvalue weighted by Crippen LogP contribution is 2.31. The lowest BCUT2D eigenvalue weighted by Gasteiger charge is -2.34. The molecule has 150 valence electrons. The molecule has 3 aliphatic rings. The van der Waals surface area contributed by atoms with Crippen LogP contribution in [-0.2, 0) is 4.79 Å². The van der Waals surface area contributed by atoms with Crippen molar-refractivity contribution in [2.75, 3.05) is 36.4 Å². The molecular formula is C19H27N7O2. The number of likely N-dealkylation sites (tertiary alicyclic amines) is 1. The highest BCUT2D eigenvalue weighted by Gasteiger charge is 2.32. The van der Waals surface area contributed by atoms with Gasteiger partial charge in [0.25, 0.3) is 0 Å². The molecule has 0 spiro atoms. The summed E-state index contributed by atoms with van der Waals surface area (Å²) in [6.45, 7) is 3.45. The number of fused-ring (bicyclic) bond motifs is 1. The lowest BCUT2D eigenvalue weighted by Crippen LogP contribution is -2.42. The molecule has 0 unspecified atom stereocenters. The highest BCUT2D eigenvalue weighted by molar-refractivity contribution is 5.80. The van der Waals surface area contributed by atoms with Crippen molar-refractivity contribution in [3.05, 3.63) is 0 Å². The van der Waals surface area contributed by atoms with Crippen LogP contribution in [0.3, 0.4) is 0 Å². The molecule has 2 aliphatic heterocycles. The van der Waals surface area contributed by atoms with E-state index in [9.17, 15) is 4.79 Å². The molecule has 28 heavy (non-hydrogen) atoms. The number of hydrogen-bond acceptors (Lipinski definition) is 8. The van der Waals surface area contributed by atoms with Crippen molar-refractivity contribution in [3.8, 4) is 0 Å². The smallest absolute Gasteiger partial charge is 0.245 e. The van der Waals surface area contributed by atoms with Crippen LogP contribution in [-0.4, -0.2) is 63.3 Å². The third-order valence-corrected chi connectivity index (χ3v) is 6.35. The second kappa shape index (κ2) is 7.52. The van der Waals surface area contributed by atoms with Gasteiger partial charge in [0.15, 0.2) is 11.6 Å². The number of carbonyl (C=O) groups is 1. The maximum absolute atomic E-state index is 12.7. The van der Waals surface area contributed by atoms with Gasteiger partial charge in [-0.25, -0.2) is 14.6 Å². The fourth-order valence-corrected chi connectivity index (χ4v) is 4.74. The number of nitrogens with one attached hydrogen (secondary N) is 1. The molecule has 0 atom stereocenters. The van der Waals surface area contributed by atoms with Gasteiger partial charge in [-0.2, -0.15) is 0 Å². The number of piperidine rings is 1. The summed E-state index contributed by atoms with van der Waals surface area (Å²) in [5.74, 6) is 2.04. The Balaban J connectivity index is 1.33. The quantitative estimate of drug-likeness (QED) is 0.855. The summed E-state index contributed by atoms with van der Waals surface area (Å²) in [5, 5.41) is 11.3. The van der Waals surface area contributed by atoms with E-state index >= 15 is 0 Å². The van der Waals surface area contributed by atoms with E-state index in [4.69, 9.17) is 4.63 Å². The van der Waals surface area contributed by atoms with Gasteiger partial charge < -0.3 is 15.1 Å². The van der Waals surface area contributed by atoms with Crippen LogP contribution in [0.1, 0.15) is 51.4 Å². The Kier molecular flexibility index (Phi) is 4.74. The Labute approximate surface area is 163 Å². The highest BCUT2D eigenvalue weighted by atomic mass is 16.6. The van der Waals surface area contributed by atoms with Gasteiger partial charge in [0.05, 0.1) is 0 Å². The number of hydrogen-bond donors (Lipinski definition) is 1. The normalized spacial score (nSPS) is 21.7. The first kappa shape index (κ1) is 17.6. The minimum atomic E-state index is 0.131. The first-order chi connectivity index (χ1) is 13.8. The van der Waals surface area contributed by atoms with Crippen LogP contribution >= 0.6 is 0 Å². The van der Waals surface area contributed by atoms with Gasteiger partial charge in [0.1, 0.15) is 0 Å². The van der Waals surface area contributed by atoms with E-state index in [1.807, 2.05) is 4.90 Å². The van der Waals surface area contributed by atoms with Crippen LogP contribution in [0.4, 0.5) is 11.6 Å². The van der Waals surface area contributed by atoms with Crippen molar-refractivity contribution in [1.82, 2.24) is 25.2 Å². The van der Waals surface area contributed by atoms with Crippen molar-refractivity contribution in [2.45, 2.75) is 57.4 Å². The number of rotatable bonds is 4. The Morgan fingerprint density at radius 1 is 0.893 bits per heavy atom. The molecule has 9 nitrogen and oxygen atoms in total. The van der Waals surface area contributed by atoms with Crippen molar-refractivity contribution in [2.24, 2.45) is 5.92 Å². The number of amides is 1. The number of aromatic nitrogens is 4. The molecule has 5 rings (SSSR count). The Morgan fingerprint density at radius 2 is 1.57 bits per heavy atom. The van der Waals surface area contributed by atoms with Crippen LogP contribution in [0.2, 0.25) is 0 Å². The lowest BCUT2D eigenvalue weighted by atomic mass is 9.95. The first-order valence-corrected chi connectivity index (χ1v) is 10.6. The fourth-order valence-electron chi connectivity index (χ4n) is 4.74. The molecule has 0 aromatic carbocycles. The van der Waals surface area contributed by atoms with E-state index < -0.39 is 0 Å². The largest absolute Gasteiger partial charge is 0.364 e. The molecule has 0 radical (unpaired) electrons. The molecule has 2 aromatic heterocycles. The van der Waals surface area contributed by atoms with Crippen molar-refractivity contribution in [3.63, 3.8) is 0 Å². The summed E-state index contributed by atoms with van der Waals surface area (Å²) in [5.41, 5.74) is 0.866. The van der Waals surface area contributed by atoms with Crippen LogP contribution in [0.5, 0.6) is 0 Å². The van der Waals surface area contributed by atoms with Crippen molar-refractivity contribution >= 4 is 28.8 Å². The van der Waals surface area contributed by atoms with Gasteiger partial charge in [-0.1, -0.05) is 12.8 Å². The molecule has 0 bridgehead atoms. The monoisotopic (exact) mass is 385 g/mol. The average molecular weight is 385 g/mol. The Morgan fingerprint density at radius 3 is 2.29 bits per heavy atom. The predicted octanol–water partition coefficient (Wildman–Crippen LogP) is 2.21. The van der Waals surface area contributed by atoms with Gasteiger partial charge in [0, 0.05) is 38.1 Å². The molecule has 1 aliphatic carbocycles. The minimum absolute atomic E-state index is 0.131.